The van der Waals surface area contributed by atoms with Gasteiger partial charge in [0, 0.05) is 19.3 Å². The van der Waals surface area contributed by atoms with Gasteiger partial charge in [0.15, 0.2) is 6.10 Å². The highest BCUT2D eigenvalue weighted by Gasteiger charge is 2.19. The van der Waals surface area contributed by atoms with Gasteiger partial charge in [-0.05, 0) is 70.6 Å². The first-order chi connectivity index (χ1) is 32.0. The SMILES string of the molecule is CCCCCCCC/C=C\CCCCCCCCCC(=O)OCC(COC(=O)CCCCCCCCCCCCCCC)OC(=O)CCCCCCCCC/C=C\CCCCCCCC. The van der Waals surface area contributed by atoms with Crippen LogP contribution in [0.3, 0.4) is 0 Å². The largest absolute Gasteiger partial charge is 0.462 e. The van der Waals surface area contributed by atoms with Gasteiger partial charge in [0.1, 0.15) is 13.2 Å². The third kappa shape index (κ3) is 52.7. The molecule has 0 aromatic heterocycles. The molecule has 0 bridgehead atoms. The van der Waals surface area contributed by atoms with Crippen molar-refractivity contribution in [3.05, 3.63) is 24.3 Å². The molecule has 0 rings (SSSR count). The summed E-state index contributed by atoms with van der Waals surface area (Å²) in [5.41, 5.74) is 0. The summed E-state index contributed by atoms with van der Waals surface area (Å²) in [5.74, 6) is -0.860. The van der Waals surface area contributed by atoms with Crippen molar-refractivity contribution in [2.75, 3.05) is 13.2 Å². The lowest BCUT2D eigenvalue weighted by atomic mass is 10.0. The Labute approximate surface area is 404 Å². The van der Waals surface area contributed by atoms with Crippen molar-refractivity contribution in [3.63, 3.8) is 0 Å². The number of hydrogen-bond donors (Lipinski definition) is 0. The standard InChI is InChI=1S/C59H110O6/c1-4-7-10-13-16-19-22-25-27-29-31-34-37-40-43-46-49-52-58(61)64-55-56(54-63-57(60)51-48-45-42-39-36-33-24-21-18-15-12-9-6-3)65-59(62)53-50-47-44-41-38-35-32-30-28-26-23-20-17-14-11-8-5-2/h25-28,56H,4-24,29-55H2,1-3H3/b27-25-,28-26-. The van der Waals surface area contributed by atoms with Gasteiger partial charge in [-0.15, -0.1) is 0 Å². The molecule has 0 aliphatic rings. The lowest BCUT2D eigenvalue weighted by Gasteiger charge is -2.18. The van der Waals surface area contributed by atoms with Gasteiger partial charge >= 0.3 is 17.9 Å². The quantitative estimate of drug-likeness (QED) is 0.0262. The van der Waals surface area contributed by atoms with Gasteiger partial charge in [0.25, 0.3) is 0 Å². The second-order valence-corrected chi connectivity index (χ2v) is 19.6. The molecule has 0 aliphatic carbocycles. The number of ether oxygens (including phenoxy) is 3. The fraction of sp³-hybridized carbons (Fsp3) is 0.881. The van der Waals surface area contributed by atoms with Crippen molar-refractivity contribution in [2.45, 2.75) is 322 Å². The molecule has 1 atom stereocenters. The minimum absolute atomic E-state index is 0.0700. The van der Waals surface area contributed by atoms with Crippen LogP contribution in [0.1, 0.15) is 316 Å². The van der Waals surface area contributed by atoms with Crippen molar-refractivity contribution in [1.29, 1.82) is 0 Å². The zero-order chi connectivity index (χ0) is 47.2. The van der Waals surface area contributed by atoms with Gasteiger partial charge in [-0.1, -0.05) is 251 Å². The van der Waals surface area contributed by atoms with Crippen LogP contribution < -0.4 is 0 Å². The van der Waals surface area contributed by atoms with Gasteiger partial charge in [-0.3, -0.25) is 14.4 Å². The van der Waals surface area contributed by atoms with Crippen LogP contribution in [0.5, 0.6) is 0 Å². The van der Waals surface area contributed by atoms with Crippen molar-refractivity contribution in [2.24, 2.45) is 0 Å². The number of allylic oxidation sites excluding steroid dienone is 4. The number of hydrogen-bond acceptors (Lipinski definition) is 6. The minimum atomic E-state index is -0.771. The third-order valence-electron chi connectivity index (χ3n) is 12.9. The molecule has 6 nitrogen and oxygen atoms in total. The van der Waals surface area contributed by atoms with Crippen molar-refractivity contribution in [3.8, 4) is 0 Å². The first-order valence-electron chi connectivity index (χ1n) is 28.8. The molecule has 0 saturated carbocycles. The van der Waals surface area contributed by atoms with Crippen molar-refractivity contribution < 1.29 is 28.6 Å². The van der Waals surface area contributed by atoms with Crippen LogP contribution in [0.4, 0.5) is 0 Å². The number of carbonyl (C=O) groups is 3. The Bertz CT molecular complexity index is 1050. The average molecular weight is 916 g/mol. The Morgan fingerprint density at radius 2 is 0.508 bits per heavy atom. The molecule has 382 valence electrons. The van der Waals surface area contributed by atoms with Crippen LogP contribution in [0.2, 0.25) is 0 Å². The normalized spacial score (nSPS) is 12.1. The molecule has 0 fully saturated rings. The second kappa shape index (κ2) is 54.5. The van der Waals surface area contributed by atoms with E-state index in [2.05, 4.69) is 45.1 Å². The monoisotopic (exact) mass is 915 g/mol. The zero-order valence-electron chi connectivity index (χ0n) is 43.8. The fourth-order valence-corrected chi connectivity index (χ4v) is 8.55. The van der Waals surface area contributed by atoms with Crippen LogP contribution in [0.25, 0.3) is 0 Å². The van der Waals surface area contributed by atoms with Crippen LogP contribution in [-0.4, -0.2) is 37.2 Å². The van der Waals surface area contributed by atoms with E-state index in [1.807, 2.05) is 0 Å². The molecule has 0 aromatic rings. The summed E-state index contributed by atoms with van der Waals surface area (Å²) in [6, 6.07) is 0. The molecule has 0 aromatic carbocycles. The molecule has 0 spiro atoms. The molecule has 0 amide bonds. The highest BCUT2D eigenvalue weighted by Crippen LogP contribution is 2.16. The smallest absolute Gasteiger partial charge is 0.306 e. The maximum absolute atomic E-state index is 12.8. The van der Waals surface area contributed by atoms with E-state index < -0.39 is 6.10 Å². The first kappa shape index (κ1) is 62.9. The van der Waals surface area contributed by atoms with E-state index in [4.69, 9.17) is 14.2 Å². The zero-order valence-corrected chi connectivity index (χ0v) is 43.8. The van der Waals surface area contributed by atoms with Crippen LogP contribution in [-0.2, 0) is 28.6 Å². The molecular weight excluding hydrogens is 805 g/mol. The molecule has 0 heterocycles. The first-order valence-corrected chi connectivity index (χ1v) is 28.8. The number of carbonyl (C=O) groups excluding carboxylic acids is 3. The molecule has 0 N–H and O–H groups in total. The van der Waals surface area contributed by atoms with Gasteiger partial charge in [-0.2, -0.15) is 0 Å². The third-order valence-corrected chi connectivity index (χ3v) is 12.9. The predicted octanol–water partition coefficient (Wildman–Crippen LogP) is 19.1. The van der Waals surface area contributed by atoms with E-state index in [1.165, 1.54) is 218 Å². The van der Waals surface area contributed by atoms with Crippen LogP contribution in [0, 0.1) is 0 Å². The minimum Gasteiger partial charge on any atom is -0.462 e. The maximum Gasteiger partial charge on any atom is 0.306 e. The molecular formula is C59H110O6. The topological polar surface area (TPSA) is 78.9 Å². The summed E-state index contributed by atoms with van der Waals surface area (Å²) in [5, 5.41) is 0. The number of unbranched alkanes of at least 4 members (excludes halogenated alkanes) is 38. The van der Waals surface area contributed by atoms with E-state index in [9.17, 15) is 14.4 Å². The summed E-state index contributed by atoms with van der Waals surface area (Å²) in [6.07, 6.45) is 63.0. The molecule has 0 radical (unpaired) electrons. The lowest BCUT2D eigenvalue weighted by molar-refractivity contribution is -0.167. The lowest BCUT2D eigenvalue weighted by Crippen LogP contribution is -2.30. The van der Waals surface area contributed by atoms with Gasteiger partial charge in [-0.25, -0.2) is 0 Å². The average Bonchev–Trinajstić information content (AvgIpc) is 3.30. The van der Waals surface area contributed by atoms with Crippen molar-refractivity contribution >= 4 is 17.9 Å². The second-order valence-electron chi connectivity index (χ2n) is 19.6. The maximum atomic E-state index is 12.8. The van der Waals surface area contributed by atoms with Crippen LogP contribution >= 0.6 is 0 Å². The molecule has 0 aliphatic heterocycles. The van der Waals surface area contributed by atoms with E-state index in [-0.39, 0.29) is 31.1 Å². The van der Waals surface area contributed by atoms with Crippen molar-refractivity contribution in [1.82, 2.24) is 0 Å². The molecule has 0 saturated heterocycles. The highest BCUT2D eigenvalue weighted by atomic mass is 16.6. The van der Waals surface area contributed by atoms with E-state index in [1.54, 1.807) is 0 Å². The van der Waals surface area contributed by atoms with Gasteiger partial charge in [0.05, 0.1) is 0 Å². The summed E-state index contributed by atoms with van der Waals surface area (Å²) < 4.78 is 16.9. The Balaban J connectivity index is 4.34. The summed E-state index contributed by atoms with van der Waals surface area (Å²) >= 11 is 0. The Morgan fingerprint density at radius 1 is 0.292 bits per heavy atom. The molecule has 65 heavy (non-hydrogen) atoms. The summed E-state index contributed by atoms with van der Waals surface area (Å²) in [4.78, 5) is 38.1. The Hall–Kier alpha value is -2.11. The van der Waals surface area contributed by atoms with Gasteiger partial charge < -0.3 is 14.2 Å². The summed E-state index contributed by atoms with van der Waals surface area (Å²) in [7, 11) is 0. The molecule has 6 heteroatoms. The van der Waals surface area contributed by atoms with E-state index >= 15 is 0 Å². The fourth-order valence-electron chi connectivity index (χ4n) is 8.55. The Morgan fingerprint density at radius 3 is 0.769 bits per heavy atom. The number of rotatable bonds is 53. The molecule has 1 unspecified atom stereocenters. The summed E-state index contributed by atoms with van der Waals surface area (Å²) in [6.45, 7) is 6.67. The van der Waals surface area contributed by atoms with E-state index in [0.29, 0.717) is 19.3 Å². The van der Waals surface area contributed by atoms with E-state index in [0.717, 1.165) is 57.8 Å². The van der Waals surface area contributed by atoms with Gasteiger partial charge in [0.2, 0.25) is 0 Å². The van der Waals surface area contributed by atoms with Crippen LogP contribution in [0.15, 0.2) is 24.3 Å². The predicted molar refractivity (Wildman–Crippen MR) is 279 cm³/mol. The highest BCUT2D eigenvalue weighted by molar-refractivity contribution is 5.71. The Kier molecular flexibility index (Phi) is 52.7. The number of esters is 3.